The van der Waals surface area contributed by atoms with E-state index in [1.165, 1.54) is 58.9 Å². The van der Waals surface area contributed by atoms with Crippen molar-refractivity contribution in [2.24, 2.45) is 0 Å². The topological polar surface area (TPSA) is 44.8 Å². The van der Waals surface area contributed by atoms with E-state index in [0.29, 0.717) is 6.42 Å². The van der Waals surface area contributed by atoms with E-state index in [2.05, 4.69) is 64.8 Å². The van der Waals surface area contributed by atoms with Crippen molar-refractivity contribution in [1.29, 1.82) is 0 Å². The van der Waals surface area contributed by atoms with Crippen LogP contribution in [-0.2, 0) is 18.7 Å². The zero-order chi connectivity index (χ0) is 25.5. The molecule has 6 heteroatoms. The van der Waals surface area contributed by atoms with Crippen LogP contribution in [0.15, 0.2) is 10.2 Å². The second kappa shape index (κ2) is 16.8. The van der Waals surface area contributed by atoms with Gasteiger partial charge in [0, 0.05) is 0 Å². The standard InChI is InChI=1S/C15H29O4Si.3C4H9.Sn/c1-9-12(17-5)10-13(11-14(16)18-6)19-20(7,8)15(2,3)4;3*1-3-4-2;/h1,9,12-13H,10-11H2,2-8H3;3*1,3-4H2,2H3;/t12-,13-;;;;/m0..../s1. The molecule has 0 saturated heterocycles. The van der Waals surface area contributed by atoms with E-state index in [1.807, 2.05) is 0 Å². The van der Waals surface area contributed by atoms with Crippen LogP contribution in [0.2, 0.25) is 31.4 Å². The van der Waals surface area contributed by atoms with Crippen LogP contribution in [0.4, 0.5) is 0 Å². The van der Waals surface area contributed by atoms with Gasteiger partial charge in [-0.1, -0.05) is 0 Å². The van der Waals surface area contributed by atoms with E-state index in [4.69, 9.17) is 13.9 Å². The number of hydrogen-bond acceptors (Lipinski definition) is 4. The van der Waals surface area contributed by atoms with E-state index in [9.17, 15) is 4.79 Å². The van der Waals surface area contributed by atoms with Crippen molar-refractivity contribution in [1.82, 2.24) is 0 Å². The molecule has 0 aliphatic carbocycles. The van der Waals surface area contributed by atoms with Crippen molar-refractivity contribution in [2.75, 3.05) is 14.2 Å². The predicted octanol–water partition coefficient (Wildman–Crippen LogP) is 8.29. The molecular weight excluding hydrogens is 535 g/mol. The Morgan fingerprint density at radius 3 is 1.79 bits per heavy atom. The van der Waals surface area contributed by atoms with E-state index >= 15 is 0 Å². The SMILES string of the molecule is CCC[CH2][Sn](/[CH]=C/[C@@H](C[C@@H](CC(=O)OC)O[Si](C)(C)C(C)(C)C)OC)([CH2]CCC)[CH2]CCC. The summed E-state index contributed by atoms with van der Waals surface area (Å²) in [7, 11) is 1.23. The first-order chi connectivity index (χ1) is 15.4. The van der Waals surface area contributed by atoms with Crippen LogP contribution in [0.5, 0.6) is 0 Å². The van der Waals surface area contributed by atoms with E-state index in [1.54, 1.807) is 7.11 Å². The maximum atomic E-state index is 12.2. The fourth-order valence-corrected chi connectivity index (χ4v) is 19.8. The third-order valence-electron chi connectivity index (χ3n) is 7.44. The van der Waals surface area contributed by atoms with Crippen molar-refractivity contribution in [3.63, 3.8) is 0 Å². The molecule has 0 aromatic carbocycles. The molecule has 0 aromatic rings. The zero-order valence-electron chi connectivity index (χ0n) is 23.7. The number of rotatable bonds is 18. The van der Waals surface area contributed by atoms with Crippen LogP contribution in [0.3, 0.4) is 0 Å². The molecule has 2 atom stereocenters. The minimum absolute atomic E-state index is 0.0228. The molecule has 0 unspecified atom stereocenters. The summed E-state index contributed by atoms with van der Waals surface area (Å²) in [4.78, 5) is 12.2. The van der Waals surface area contributed by atoms with E-state index in [-0.39, 0.29) is 29.6 Å². The fraction of sp³-hybridized carbons (Fsp3) is 0.889. The van der Waals surface area contributed by atoms with Crippen molar-refractivity contribution >= 4 is 32.7 Å². The summed E-state index contributed by atoms with van der Waals surface area (Å²) in [6.07, 6.45) is 11.0. The van der Waals surface area contributed by atoms with Crippen LogP contribution in [-0.4, -0.2) is 59.1 Å². The van der Waals surface area contributed by atoms with Gasteiger partial charge in [0.15, 0.2) is 0 Å². The molecule has 0 fully saturated rings. The molecule has 0 radical (unpaired) electrons. The Labute approximate surface area is 211 Å². The molecule has 0 saturated carbocycles. The van der Waals surface area contributed by atoms with Crippen LogP contribution < -0.4 is 0 Å². The summed E-state index contributed by atoms with van der Waals surface area (Å²) >= 11 is -2.38. The molecule has 0 spiro atoms. The van der Waals surface area contributed by atoms with Gasteiger partial charge in [-0.2, -0.15) is 0 Å². The first-order valence-corrected chi connectivity index (χ1v) is 24.0. The summed E-state index contributed by atoms with van der Waals surface area (Å²) < 4.78 is 24.6. The van der Waals surface area contributed by atoms with Gasteiger partial charge in [0.25, 0.3) is 0 Å². The first kappa shape index (κ1) is 33.1. The van der Waals surface area contributed by atoms with Gasteiger partial charge < -0.3 is 0 Å². The summed E-state index contributed by atoms with van der Waals surface area (Å²) in [5.41, 5.74) is 0. The average Bonchev–Trinajstić information content (AvgIpc) is 2.75. The van der Waals surface area contributed by atoms with Gasteiger partial charge in [-0.3, -0.25) is 0 Å². The molecule has 0 bridgehead atoms. The second-order valence-electron chi connectivity index (χ2n) is 11.3. The molecule has 0 rings (SSSR count). The number of methoxy groups -OCH3 is 2. The summed E-state index contributed by atoms with van der Waals surface area (Å²) in [5, 5.41) is 0.0891. The quantitative estimate of drug-likeness (QED) is 0.119. The molecule has 33 heavy (non-hydrogen) atoms. The summed E-state index contributed by atoms with van der Waals surface area (Å²) in [6, 6.07) is 0. The number of carbonyl (C=O) groups excluding carboxylic acids is 1. The van der Waals surface area contributed by atoms with Crippen LogP contribution in [0.1, 0.15) is 92.9 Å². The Hall–Kier alpha value is 0.146. The normalized spacial score (nSPS) is 15.1. The number of esters is 1. The van der Waals surface area contributed by atoms with Gasteiger partial charge in [0.1, 0.15) is 0 Å². The summed E-state index contributed by atoms with van der Waals surface area (Å²) in [6.45, 7) is 18.1. The molecule has 0 aliphatic rings. The molecule has 0 heterocycles. The molecule has 0 aromatic heterocycles. The Morgan fingerprint density at radius 1 is 0.939 bits per heavy atom. The Bertz CT molecular complexity index is 535. The Kier molecular flexibility index (Phi) is 16.8. The monoisotopic (exact) mass is 592 g/mol. The summed E-state index contributed by atoms with van der Waals surface area (Å²) in [5.74, 6) is -0.208. The predicted molar refractivity (Wildman–Crippen MR) is 148 cm³/mol. The minimum atomic E-state index is -2.38. The molecule has 0 N–H and O–H groups in total. The van der Waals surface area contributed by atoms with Gasteiger partial charge in [-0.05, 0) is 0 Å². The number of ether oxygens (including phenoxy) is 2. The molecular formula is C27H56O4SiSn. The number of carbonyl (C=O) groups is 1. The third-order valence-corrected chi connectivity index (χ3v) is 26.1. The maximum absolute atomic E-state index is 12.2. The van der Waals surface area contributed by atoms with E-state index < -0.39 is 26.7 Å². The molecule has 196 valence electrons. The molecule has 0 aliphatic heterocycles. The number of hydrogen-bond donors (Lipinski definition) is 0. The average molecular weight is 592 g/mol. The first-order valence-electron chi connectivity index (χ1n) is 13.4. The van der Waals surface area contributed by atoms with Crippen molar-refractivity contribution in [2.45, 2.75) is 137 Å². The Morgan fingerprint density at radius 2 is 1.42 bits per heavy atom. The zero-order valence-corrected chi connectivity index (χ0v) is 27.6. The van der Waals surface area contributed by atoms with Crippen molar-refractivity contribution in [3.8, 4) is 0 Å². The third kappa shape index (κ3) is 13.1. The van der Waals surface area contributed by atoms with Gasteiger partial charge in [-0.15, -0.1) is 0 Å². The molecule has 4 nitrogen and oxygen atoms in total. The van der Waals surface area contributed by atoms with Gasteiger partial charge in [-0.25, -0.2) is 0 Å². The van der Waals surface area contributed by atoms with Gasteiger partial charge in [0.05, 0.1) is 0 Å². The molecule has 0 amide bonds. The van der Waals surface area contributed by atoms with Gasteiger partial charge >= 0.3 is 212 Å². The van der Waals surface area contributed by atoms with Crippen LogP contribution in [0, 0.1) is 0 Å². The van der Waals surface area contributed by atoms with Gasteiger partial charge in [0.2, 0.25) is 0 Å². The van der Waals surface area contributed by atoms with E-state index in [0.717, 1.165) is 0 Å². The van der Waals surface area contributed by atoms with Crippen molar-refractivity contribution in [3.05, 3.63) is 10.2 Å². The number of unbranched alkanes of at least 4 members (excludes halogenated alkanes) is 3. The Balaban J connectivity index is 5.73. The van der Waals surface area contributed by atoms with Crippen LogP contribution >= 0.6 is 0 Å². The van der Waals surface area contributed by atoms with Crippen molar-refractivity contribution < 1.29 is 18.7 Å². The van der Waals surface area contributed by atoms with Crippen LogP contribution in [0.25, 0.3) is 0 Å². The second-order valence-corrected chi connectivity index (χ2v) is 29.1. The fourth-order valence-electron chi connectivity index (χ4n) is 4.07.